The van der Waals surface area contributed by atoms with E-state index in [-0.39, 0.29) is 36.5 Å². The van der Waals surface area contributed by atoms with Crippen molar-refractivity contribution < 1.29 is 14.4 Å². The maximum Gasteiger partial charge on any atom is 0.243 e. The Kier molecular flexibility index (Phi) is 8.07. The molecule has 204 valence electrons. The minimum absolute atomic E-state index is 0.0240. The second-order valence-electron chi connectivity index (χ2n) is 10.6. The van der Waals surface area contributed by atoms with Gasteiger partial charge in [-0.15, -0.1) is 0 Å². The molecule has 2 fully saturated rings. The van der Waals surface area contributed by atoms with Crippen molar-refractivity contribution in [2.45, 2.75) is 56.7 Å². The number of nitrogen functional groups attached to an aromatic ring is 1. The number of pyridine rings is 1. The molecule has 0 saturated carbocycles. The number of carbonyl (C=O) groups is 3. The van der Waals surface area contributed by atoms with E-state index in [0.717, 1.165) is 47.8 Å². The average Bonchev–Trinajstić information content (AvgIpc) is 3.66. The van der Waals surface area contributed by atoms with Crippen LogP contribution in [0.2, 0.25) is 0 Å². The van der Waals surface area contributed by atoms with Gasteiger partial charge in [0.25, 0.3) is 0 Å². The number of benzene rings is 2. The largest absolute Gasteiger partial charge is 0.383 e. The van der Waals surface area contributed by atoms with E-state index in [4.69, 9.17) is 11.5 Å². The highest BCUT2D eigenvalue weighted by Crippen LogP contribution is 2.32. The summed E-state index contributed by atoms with van der Waals surface area (Å²) in [5.41, 5.74) is 14.3. The monoisotopic (exact) mass is 528 g/mol. The second-order valence-corrected chi connectivity index (χ2v) is 10.6. The quantitative estimate of drug-likeness (QED) is 0.411. The molecule has 5 N–H and O–H groups in total. The summed E-state index contributed by atoms with van der Waals surface area (Å²) in [5, 5.41) is 4.83. The van der Waals surface area contributed by atoms with Gasteiger partial charge in [0.05, 0.1) is 6.04 Å². The number of fused-ring (bicyclic) bond motifs is 1. The third-order valence-corrected chi connectivity index (χ3v) is 7.93. The molecule has 3 atom stereocenters. The number of likely N-dealkylation sites (tertiary alicyclic amines) is 2. The normalized spacial score (nSPS) is 19.8. The number of nitrogens with zero attached hydrogens (tertiary/aromatic N) is 3. The topological polar surface area (TPSA) is 135 Å². The molecule has 3 amide bonds. The van der Waals surface area contributed by atoms with Gasteiger partial charge in [-0.2, -0.15) is 0 Å². The van der Waals surface area contributed by atoms with Crippen molar-refractivity contribution in [3.8, 4) is 0 Å². The van der Waals surface area contributed by atoms with Crippen molar-refractivity contribution in [2.24, 2.45) is 5.73 Å². The van der Waals surface area contributed by atoms with Gasteiger partial charge >= 0.3 is 0 Å². The molecule has 1 aromatic heterocycles. The number of aromatic nitrogens is 1. The van der Waals surface area contributed by atoms with Crippen LogP contribution in [0.4, 0.5) is 5.82 Å². The fraction of sp³-hybridized carbons (Fsp3) is 0.400. The van der Waals surface area contributed by atoms with Crippen LogP contribution in [0, 0.1) is 0 Å². The van der Waals surface area contributed by atoms with E-state index >= 15 is 0 Å². The molecular formula is C30H36N6O3. The standard InChI is InChI=1S/C30H36N6O3/c31-25(10-11-27(37)35-14-4-5-15-35)30(39)36-19-23(21-6-2-1-3-7-21)17-26(36)29(38)34-18-20-8-9-22-12-13-33-28(32)24(22)16-20/h1-3,6-9,12-13,16,23,25-26H,4-5,10-11,14-15,17-19,31H2,(H2,32,33)(H,34,38). The molecule has 0 bridgehead atoms. The first-order chi connectivity index (χ1) is 18.9. The minimum Gasteiger partial charge on any atom is -0.383 e. The van der Waals surface area contributed by atoms with Crippen LogP contribution in [0.5, 0.6) is 0 Å². The summed E-state index contributed by atoms with van der Waals surface area (Å²) >= 11 is 0. The van der Waals surface area contributed by atoms with Crippen LogP contribution in [0.25, 0.3) is 10.8 Å². The number of nitrogens with one attached hydrogen (secondary N) is 1. The van der Waals surface area contributed by atoms with Crippen molar-refractivity contribution in [3.63, 3.8) is 0 Å². The van der Waals surface area contributed by atoms with Gasteiger partial charge in [-0.25, -0.2) is 4.98 Å². The highest BCUT2D eigenvalue weighted by Gasteiger charge is 2.41. The first-order valence-electron chi connectivity index (χ1n) is 13.7. The van der Waals surface area contributed by atoms with Gasteiger partial charge < -0.3 is 26.6 Å². The van der Waals surface area contributed by atoms with Crippen LogP contribution >= 0.6 is 0 Å². The Bertz CT molecular complexity index is 1340. The lowest BCUT2D eigenvalue weighted by molar-refractivity contribution is -0.140. The zero-order chi connectivity index (χ0) is 27.4. The Morgan fingerprint density at radius 2 is 1.82 bits per heavy atom. The van der Waals surface area contributed by atoms with Gasteiger partial charge in [-0.05, 0) is 54.3 Å². The Labute approximate surface area is 228 Å². The number of hydrogen-bond acceptors (Lipinski definition) is 6. The van der Waals surface area contributed by atoms with Gasteiger partial charge in [0, 0.05) is 50.1 Å². The maximum absolute atomic E-state index is 13.5. The predicted molar refractivity (Wildman–Crippen MR) is 150 cm³/mol. The number of rotatable bonds is 8. The van der Waals surface area contributed by atoms with Gasteiger partial charge in [-0.1, -0.05) is 42.5 Å². The first kappa shape index (κ1) is 26.6. The molecule has 0 spiro atoms. The van der Waals surface area contributed by atoms with E-state index < -0.39 is 12.1 Å². The smallest absolute Gasteiger partial charge is 0.243 e. The third kappa shape index (κ3) is 6.04. The highest BCUT2D eigenvalue weighted by atomic mass is 16.2. The molecule has 9 heteroatoms. The van der Waals surface area contributed by atoms with Crippen LogP contribution in [0.1, 0.15) is 49.1 Å². The number of amides is 3. The molecule has 3 heterocycles. The number of hydrogen-bond donors (Lipinski definition) is 3. The van der Waals surface area contributed by atoms with Gasteiger partial charge in [0.1, 0.15) is 11.9 Å². The lowest BCUT2D eigenvalue weighted by Crippen LogP contribution is -2.51. The van der Waals surface area contributed by atoms with Crippen molar-refractivity contribution in [1.82, 2.24) is 20.1 Å². The molecule has 2 aromatic carbocycles. The fourth-order valence-corrected chi connectivity index (χ4v) is 5.69. The van der Waals surface area contributed by atoms with Crippen molar-refractivity contribution in [3.05, 3.63) is 71.9 Å². The van der Waals surface area contributed by atoms with E-state index in [1.165, 1.54) is 0 Å². The van der Waals surface area contributed by atoms with Gasteiger partial charge in [-0.3, -0.25) is 14.4 Å². The molecule has 2 aliphatic rings. The molecule has 5 rings (SSSR count). The molecule has 39 heavy (non-hydrogen) atoms. The molecule has 2 saturated heterocycles. The predicted octanol–water partition coefficient (Wildman–Crippen LogP) is 2.55. The van der Waals surface area contributed by atoms with Crippen molar-refractivity contribution in [2.75, 3.05) is 25.4 Å². The number of carbonyl (C=O) groups excluding carboxylic acids is 3. The van der Waals surface area contributed by atoms with E-state index in [9.17, 15) is 14.4 Å². The molecule has 2 aliphatic heterocycles. The SMILES string of the molecule is Nc1nccc2ccc(CNC(=O)C3CC(c4ccccc4)CN3C(=O)C(N)CCC(=O)N3CCCC3)cc12. The summed E-state index contributed by atoms with van der Waals surface area (Å²) in [6.45, 7) is 2.26. The zero-order valence-electron chi connectivity index (χ0n) is 22.1. The maximum atomic E-state index is 13.5. The second kappa shape index (κ2) is 11.8. The summed E-state index contributed by atoms with van der Waals surface area (Å²) in [6, 6.07) is 16.2. The summed E-state index contributed by atoms with van der Waals surface area (Å²) in [6.07, 6.45) is 4.72. The zero-order valence-corrected chi connectivity index (χ0v) is 22.1. The Hall–Kier alpha value is -3.98. The van der Waals surface area contributed by atoms with Crippen LogP contribution in [-0.4, -0.2) is 64.2 Å². The molecule has 3 aromatic rings. The number of nitrogens with two attached hydrogens (primary N) is 2. The minimum atomic E-state index is -0.836. The van der Waals surface area contributed by atoms with Crippen LogP contribution in [-0.2, 0) is 20.9 Å². The molecule has 0 aliphatic carbocycles. The Balaban J connectivity index is 1.27. The summed E-state index contributed by atoms with van der Waals surface area (Å²) in [4.78, 5) is 47.1. The number of anilines is 1. The van der Waals surface area contributed by atoms with Crippen molar-refractivity contribution >= 4 is 34.3 Å². The van der Waals surface area contributed by atoms with E-state index in [2.05, 4.69) is 10.3 Å². The lowest BCUT2D eigenvalue weighted by Gasteiger charge is -2.27. The Morgan fingerprint density at radius 1 is 1.05 bits per heavy atom. The summed E-state index contributed by atoms with van der Waals surface area (Å²) < 4.78 is 0. The third-order valence-electron chi connectivity index (χ3n) is 7.93. The molecule has 9 nitrogen and oxygen atoms in total. The molecular weight excluding hydrogens is 492 g/mol. The van der Waals surface area contributed by atoms with Crippen LogP contribution in [0.3, 0.4) is 0 Å². The Morgan fingerprint density at radius 3 is 2.59 bits per heavy atom. The van der Waals surface area contributed by atoms with E-state index in [1.807, 2.05) is 59.5 Å². The fourth-order valence-electron chi connectivity index (χ4n) is 5.69. The molecule has 3 unspecified atom stereocenters. The van der Waals surface area contributed by atoms with E-state index in [0.29, 0.717) is 25.3 Å². The van der Waals surface area contributed by atoms with Crippen LogP contribution in [0.15, 0.2) is 60.8 Å². The lowest BCUT2D eigenvalue weighted by atomic mass is 9.96. The van der Waals surface area contributed by atoms with Gasteiger partial charge in [0.15, 0.2) is 0 Å². The van der Waals surface area contributed by atoms with Crippen LogP contribution < -0.4 is 16.8 Å². The summed E-state index contributed by atoms with van der Waals surface area (Å²) in [7, 11) is 0. The summed E-state index contributed by atoms with van der Waals surface area (Å²) in [5.74, 6) is 0.000558. The molecule has 0 radical (unpaired) electrons. The first-order valence-corrected chi connectivity index (χ1v) is 13.7. The highest BCUT2D eigenvalue weighted by molar-refractivity contribution is 5.92. The van der Waals surface area contributed by atoms with Gasteiger partial charge in [0.2, 0.25) is 17.7 Å². The average molecular weight is 529 g/mol. The van der Waals surface area contributed by atoms with E-state index in [1.54, 1.807) is 11.1 Å². The van der Waals surface area contributed by atoms with Crippen molar-refractivity contribution in [1.29, 1.82) is 0 Å².